The van der Waals surface area contributed by atoms with Gasteiger partial charge < -0.3 is 10.1 Å². The first-order valence-corrected chi connectivity index (χ1v) is 14.1. The number of para-hydroxylation sites is 1. The van der Waals surface area contributed by atoms with Gasteiger partial charge in [-0.05, 0) is 74.5 Å². The lowest BCUT2D eigenvalue weighted by atomic mass is 10.2. The van der Waals surface area contributed by atoms with Gasteiger partial charge in [-0.15, -0.1) is 0 Å². The molecule has 0 atom stereocenters. The number of benzene rings is 4. The van der Waals surface area contributed by atoms with E-state index in [9.17, 15) is 13.2 Å². The first kappa shape index (κ1) is 26.3. The van der Waals surface area contributed by atoms with Crippen LogP contribution in [0.5, 0.6) is 5.75 Å². The minimum absolute atomic E-state index is 0.178. The molecule has 4 aromatic rings. The zero-order valence-corrected chi connectivity index (χ0v) is 22.3. The van der Waals surface area contributed by atoms with E-state index in [0.717, 1.165) is 15.4 Å². The normalized spacial score (nSPS) is 11.1. The van der Waals surface area contributed by atoms with Crippen LogP contribution in [0.4, 0.5) is 11.4 Å². The molecule has 0 unspecified atom stereocenters. The van der Waals surface area contributed by atoms with Crippen LogP contribution in [-0.2, 0) is 14.8 Å². The van der Waals surface area contributed by atoms with E-state index in [-0.39, 0.29) is 24.0 Å². The van der Waals surface area contributed by atoms with Gasteiger partial charge >= 0.3 is 0 Å². The van der Waals surface area contributed by atoms with Crippen LogP contribution >= 0.6 is 11.8 Å². The van der Waals surface area contributed by atoms with E-state index in [2.05, 4.69) is 5.32 Å². The van der Waals surface area contributed by atoms with Gasteiger partial charge in [0, 0.05) is 16.3 Å². The molecule has 0 spiro atoms. The Morgan fingerprint density at radius 2 is 1.51 bits per heavy atom. The average Bonchev–Trinajstić information content (AvgIpc) is 2.90. The summed E-state index contributed by atoms with van der Waals surface area (Å²) in [5.74, 6) is 0.178. The second kappa shape index (κ2) is 12.0. The third kappa shape index (κ3) is 6.72. The first-order chi connectivity index (χ1) is 17.9. The van der Waals surface area contributed by atoms with E-state index in [4.69, 9.17) is 4.74 Å². The fraction of sp³-hybridized carbons (Fsp3) is 0.138. The number of hydrogen-bond acceptors (Lipinski definition) is 5. The summed E-state index contributed by atoms with van der Waals surface area (Å²) in [5.41, 5.74) is 2.22. The summed E-state index contributed by atoms with van der Waals surface area (Å²) in [4.78, 5) is 14.8. The Kier molecular flexibility index (Phi) is 8.53. The van der Waals surface area contributed by atoms with Crippen molar-refractivity contribution in [3.63, 3.8) is 0 Å². The quantitative estimate of drug-likeness (QED) is 0.257. The van der Waals surface area contributed by atoms with E-state index in [1.54, 1.807) is 67.2 Å². The molecular formula is C29H28N2O4S2. The summed E-state index contributed by atoms with van der Waals surface area (Å²) < 4.78 is 33.3. The Balaban J connectivity index is 1.38. The minimum Gasteiger partial charge on any atom is -0.484 e. The predicted octanol–water partition coefficient (Wildman–Crippen LogP) is 6.38. The van der Waals surface area contributed by atoms with Crippen molar-refractivity contribution < 1.29 is 17.9 Å². The number of nitrogens with zero attached hydrogens (tertiary/aromatic N) is 1. The highest BCUT2D eigenvalue weighted by atomic mass is 32.2. The van der Waals surface area contributed by atoms with Crippen molar-refractivity contribution in [1.29, 1.82) is 0 Å². The molecule has 190 valence electrons. The largest absolute Gasteiger partial charge is 0.484 e. The van der Waals surface area contributed by atoms with Crippen molar-refractivity contribution in [2.45, 2.75) is 28.5 Å². The molecule has 0 aliphatic carbocycles. The highest BCUT2D eigenvalue weighted by Gasteiger charge is 2.23. The monoisotopic (exact) mass is 532 g/mol. The molecule has 0 radical (unpaired) electrons. The fourth-order valence-electron chi connectivity index (χ4n) is 3.65. The standard InChI is InChI=1S/C29H28N2O4S2/c1-3-31(37(33,34)26-19-13-22(2)14-20-26)23-15-17-24(18-16-23)35-21-29(32)30-27-11-7-8-12-28(27)36-25-9-5-4-6-10-25/h4-20H,3,21H2,1-2H3,(H,30,32). The number of carbonyl (C=O) groups excluding carboxylic acids is 1. The van der Waals surface area contributed by atoms with Gasteiger partial charge in [-0.2, -0.15) is 0 Å². The lowest BCUT2D eigenvalue weighted by Crippen LogP contribution is -2.30. The molecule has 6 nitrogen and oxygen atoms in total. The molecule has 0 fully saturated rings. The third-order valence-electron chi connectivity index (χ3n) is 5.52. The molecule has 0 aliphatic heterocycles. The van der Waals surface area contributed by atoms with Gasteiger partial charge in [-0.3, -0.25) is 9.10 Å². The third-order valence-corrected chi connectivity index (χ3v) is 8.52. The second-order valence-corrected chi connectivity index (χ2v) is 11.2. The molecule has 0 saturated heterocycles. The molecule has 0 aromatic heterocycles. The van der Waals surface area contributed by atoms with Gasteiger partial charge in [-0.1, -0.05) is 59.8 Å². The summed E-state index contributed by atoms with van der Waals surface area (Å²) in [6.45, 7) is 3.80. The van der Waals surface area contributed by atoms with Gasteiger partial charge in [0.25, 0.3) is 15.9 Å². The summed E-state index contributed by atoms with van der Waals surface area (Å²) in [6, 6.07) is 31.0. The summed E-state index contributed by atoms with van der Waals surface area (Å²) >= 11 is 1.57. The van der Waals surface area contributed by atoms with Crippen molar-refractivity contribution in [3.8, 4) is 5.75 Å². The molecule has 0 saturated carbocycles. The number of carbonyl (C=O) groups is 1. The number of hydrogen-bond donors (Lipinski definition) is 1. The van der Waals surface area contributed by atoms with Gasteiger partial charge in [-0.25, -0.2) is 8.42 Å². The minimum atomic E-state index is -3.69. The summed E-state index contributed by atoms with van der Waals surface area (Å²) in [7, 11) is -3.69. The second-order valence-electron chi connectivity index (χ2n) is 8.22. The van der Waals surface area contributed by atoms with Crippen LogP contribution in [0.1, 0.15) is 12.5 Å². The average molecular weight is 533 g/mol. The van der Waals surface area contributed by atoms with Crippen molar-refractivity contribution in [2.24, 2.45) is 0 Å². The Morgan fingerprint density at radius 3 is 2.19 bits per heavy atom. The van der Waals surface area contributed by atoms with E-state index in [1.165, 1.54) is 4.31 Å². The van der Waals surface area contributed by atoms with Crippen LogP contribution in [-0.4, -0.2) is 27.5 Å². The van der Waals surface area contributed by atoms with Crippen LogP contribution in [0.3, 0.4) is 0 Å². The van der Waals surface area contributed by atoms with Crippen molar-refractivity contribution >= 4 is 39.1 Å². The number of aryl methyl sites for hydroxylation is 1. The molecule has 4 rings (SSSR count). The van der Waals surface area contributed by atoms with E-state index in [1.807, 2.05) is 61.5 Å². The molecule has 1 amide bonds. The van der Waals surface area contributed by atoms with Crippen LogP contribution < -0.4 is 14.4 Å². The maximum absolute atomic E-state index is 13.1. The lowest BCUT2D eigenvalue weighted by Gasteiger charge is -2.23. The Labute approximate surface area is 222 Å². The highest BCUT2D eigenvalue weighted by Crippen LogP contribution is 2.33. The SMILES string of the molecule is CCN(c1ccc(OCC(=O)Nc2ccccc2Sc2ccccc2)cc1)S(=O)(=O)c1ccc(C)cc1. The number of rotatable bonds is 10. The summed E-state index contributed by atoms with van der Waals surface area (Å²) in [6.07, 6.45) is 0. The predicted molar refractivity (Wildman–Crippen MR) is 149 cm³/mol. The van der Waals surface area contributed by atoms with Crippen LogP contribution in [0.2, 0.25) is 0 Å². The zero-order chi connectivity index (χ0) is 26.3. The number of anilines is 2. The smallest absolute Gasteiger partial charge is 0.264 e. The Morgan fingerprint density at radius 1 is 0.865 bits per heavy atom. The molecule has 0 heterocycles. The van der Waals surface area contributed by atoms with E-state index in [0.29, 0.717) is 17.1 Å². The number of nitrogens with one attached hydrogen (secondary N) is 1. The molecule has 4 aromatic carbocycles. The fourth-order valence-corrected chi connectivity index (χ4v) is 6.04. The Bertz CT molecular complexity index is 1440. The molecule has 1 N–H and O–H groups in total. The highest BCUT2D eigenvalue weighted by molar-refractivity contribution is 7.99. The van der Waals surface area contributed by atoms with Crippen molar-refractivity contribution in [1.82, 2.24) is 0 Å². The van der Waals surface area contributed by atoms with Crippen molar-refractivity contribution in [3.05, 3.63) is 109 Å². The van der Waals surface area contributed by atoms with Gasteiger partial charge in [0.1, 0.15) is 5.75 Å². The van der Waals surface area contributed by atoms with E-state index >= 15 is 0 Å². The molecular weight excluding hydrogens is 504 g/mol. The Hall–Kier alpha value is -3.75. The molecule has 0 bridgehead atoms. The number of sulfonamides is 1. The number of amides is 1. The maximum atomic E-state index is 13.1. The van der Waals surface area contributed by atoms with Crippen LogP contribution in [0.25, 0.3) is 0 Å². The topological polar surface area (TPSA) is 75.7 Å². The zero-order valence-electron chi connectivity index (χ0n) is 20.6. The van der Waals surface area contributed by atoms with Crippen molar-refractivity contribution in [2.75, 3.05) is 22.8 Å². The molecule has 0 aliphatic rings. The van der Waals surface area contributed by atoms with Gasteiger partial charge in [0.05, 0.1) is 16.3 Å². The first-order valence-electron chi connectivity index (χ1n) is 11.8. The molecule has 8 heteroatoms. The van der Waals surface area contributed by atoms with E-state index < -0.39 is 10.0 Å². The maximum Gasteiger partial charge on any atom is 0.264 e. The number of ether oxygens (including phenoxy) is 1. The van der Waals surface area contributed by atoms with Crippen LogP contribution in [0.15, 0.2) is 118 Å². The summed E-state index contributed by atoms with van der Waals surface area (Å²) in [5, 5.41) is 2.91. The van der Waals surface area contributed by atoms with Gasteiger partial charge in [0.15, 0.2) is 6.61 Å². The van der Waals surface area contributed by atoms with Crippen LogP contribution in [0, 0.1) is 6.92 Å². The van der Waals surface area contributed by atoms with Gasteiger partial charge in [0.2, 0.25) is 0 Å². The molecule has 37 heavy (non-hydrogen) atoms. The lowest BCUT2D eigenvalue weighted by molar-refractivity contribution is -0.118.